The van der Waals surface area contributed by atoms with E-state index >= 15 is 0 Å². The SMILES string of the molecule is CC(C)O[C@@H]1CC2(CCN(C(=O)c3ccc(S(=O)(=O)C(C)C)c(Br)n3)CC2)Oc2ccc(F)cc21.CC(C)O[C@@H]1CC2(CCNCC2)Oc2ccc(F)cc21.CC(C)Sc1ccc(C(=O)O)nc1Br.O.O. The first-order valence-corrected chi connectivity index (χ1v) is 27.3. The van der Waals surface area contributed by atoms with E-state index in [2.05, 4.69) is 61.0 Å². The number of likely N-dealkylation sites (tertiary alicyclic amines) is 1. The molecule has 2 fully saturated rings. The average molecular weight is 1160 g/mol. The lowest BCUT2D eigenvalue weighted by Crippen LogP contribution is -2.52. The highest BCUT2D eigenvalue weighted by molar-refractivity contribution is 9.10. The van der Waals surface area contributed by atoms with Crippen molar-refractivity contribution in [3.05, 3.63) is 104 Å². The van der Waals surface area contributed by atoms with Gasteiger partial charge in [0.05, 0.1) is 34.6 Å². The topological polar surface area (TPSA) is 229 Å². The zero-order valence-corrected chi connectivity index (χ0v) is 46.0. The van der Waals surface area contributed by atoms with Crippen molar-refractivity contribution in [3.63, 3.8) is 0 Å². The van der Waals surface area contributed by atoms with Crippen molar-refractivity contribution >= 4 is 65.3 Å². The minimum atomic E-state index is -3.52. The minimum absolute atomic E-state index is 0. The van der Waals surface area contributed by atoms with Gasteiger partial charge in [-0.2, -0.15) is 0 Å². The molecule has 8 rings (SSSR count). The highest BCUT2D eigenvalue weighted by Crippen LogP contribution is 2.48. The van der Waals surface area contributed by atoms with Gasteiger partial charge in [0.15, 0.2) is 9.84 Å². The zero-order valence-electron chi connectivity index (χ0n) is 41.2. The largest absolute Gasteiger partial charge is 0.487 e. The molecular weight excluding hydrogens is 1090 g/mol. The summed E-state index contributed by atoms with van der Waals surface area (Å²) in [5, 5.41) is 11.9. The number of thioether (sulfide) groups is 1. The third-order valence-electron chi connectivity index (χ3n) is 12.1. The molecule has 4 aromatic rings. The van der Waals surface area contributed by atoms with Crippen molar-refractivity contribution in [1.29, 1.82) is 0 Å². The number of rotatable bonds is 10. The first-order valence-electron chi connectivity index (χ1n) is 23.2. The van der Waals surface area contributed by atoms with Gasteiger partial charge in [0.25, 0.3) is 5.91 Å². The summed E-state index contributed by atoms with van der Waals surface area (Å²) in [6.07, 6.45) is 4.25. The predicted molar refractivity (Wildman–Crippen MR) is 275 cm³/mol. The number of amides is 1. The van der Waals surface area contributed by atoms with E-state index in [1.807, 2.05) is 27.7 Å². The van der Waals surface area contributed by atoms with Crippen LogP contribution in [0.2, 0.25) is 0 Å². The van der Waals surface area contributed by atoms with Crippen LogP contribution in [0.15, 0.2) is 79.7 Å². The number of hydrogen-bond acceptors (Lipinski definition) is 12. The normalized spacial score (nSPS) is 18.7. The molecule has 0 bridgehead atoms. The van der Waals surface area contributed by atoms with E-state index < -0.39 is 26.7 Å². The molecule has 1 amide bonds. The van der Waals surface area contributed by atoms with Crippen LogP contribution < -0.4 is 14.8 Å². The van der Waals surface area contributed by atoms with Crippen molar-refractivity contribution < 1.29 is 61.8 Å². The number of sulfone groups is 1. The van der Waals surface area contributed by atoms with Crippen molar-refractivity contribution in [2.45, 2.75) is 150 Å². The lowest BCUT2D eigenvalue weighted by atomic mass is 9.81. The second kappa shape index (κ2) is 25.4. The molecule has 6 N–H and O–H groups in total. The molecule has 2 atom stereocenters. The second-order valence-corrected chi connectivity index (χ2v) is 24.4. The number of pyridine rings is 2. The Balaban J connectivity index is 0.000000256. The Morgan fingerprint density at radius 3 is 1.66 bits per heavy atom. The summed E-state index contributed by atoms with van der Waals surface area (Å²) in [6, 6.07) is 15.4. The smallest absolute Gasteiger partial charge is 0.354 e. The number of carbonyl (C=O) groups excluding carboxylic acids is 1. The highest BCUT2D eigenvalue weighted by Gasteiger charge is 2.46. The van der Waals surface area contributed by atoms with Gasteiger partial charge in [-0.3, -0.25) is 4.79 Å². The number of aromatic carboxylic acids is 1. The third kappa shape index (κ3) is 15.2. The molecule has 0 unspecified atom stereocenters. The average Bonchev–Trinajstić information content (AvgIpc) is 3.27. The fourth-order valence-electron chi connectivity index (χ4n) is 8.74. The summed E-state index contributed by atoms with van der Waals surface area (Å²) in [5.41, 5.74) is 1.14. The first-order chi connectivity index (χ1) is 32.5. The van der Waals surface area contributed by atoms with E-state index in [1.165, 1.54) is 36.4 Å². The van der Waals surface area contributed by atoms with Gasteiger partial charge in [-0.25, -0.2) is 32.0 Å². The minimum Gasteiger partial charge on any atom is -0.487 e. The van der Waals surface area contributed by atoms with E-state index in [-0.39, 0.29) is 79.4 Å². The van der Waals surface area contributed by atoms with Crippen LogP contribution in [-0.4, -0.2) is 111 Å². The molecule has 6 heterocycles. The molecular formula is C50H66Br2F2N4O11S2. The Hall–Kier alpha value is -3.80. The van der Waals surface area contributed by atoms with Crippen LogP contribution in [0, 0.1) is 11.6 Å². The van der Waals surface area contributed by atoms with Crippen LogP contribution in [0.1, 0.15) is 138 Å². The molecule has 2 aromatic heterocycles. The molecule has 2 spiro atoms. The summed E-state index contributed by atoms with van der Waals surface area (Å²) in [5.74, 6) is -0.423. The molecule has 2 aromatic carbocycles. The Morgan fingerprint density at radius 1 is 0.746 bits per heavy atom. The Labute approximate surface area is 436 Å². The van der Waals surface area contributed by atoms with Gasteiger partial charge in [0.2, 0.25) is 0 Å². The Kier molecular flexibility index (Phi) is 21.4. The number of hydrogen-bond donors (Lipinski definition) is 2. The summed E-state index contributed by atoms with van der Waals surface area (Å²) < 4.78 is 77.9. The summed E-state index contributed by atoms with van der Waals surface area (Å²) in [7, 11) is -3.52. The Bertz CT molecular complexity index is 2580. The van der Waals surface area contributed by atoms with Crippen LogP contribution in [0.5, 0.6) is 11.5 Å². The maximum Gasteiger partial charge on any atom is 0.354 e. The number of ether oxygens (including phenoxy) is 4. The van der Waals surface area contributed by atoms with Crippen LogP contribution >= 0.6 is 43.6 Å². The number of carboxylic acids is 1. The Morgan fingerprint density at radius 2 is 1.23 bits per heavy atom. The van der Waals surface area contributed by atoms with Crippen molar-refractivity contribution in [2.24, 2.45) is 0 Å². The van der Waals surface area contributed by atoms with Gasteiger partial charge < -0.3 is 45.2 Å². The number of nitrogens with zero attached hydrogens (tertiary/aromatic N) is 3. The number of carboxylic acid groups (broad SMARTS) is 1. The number of piperidine rings is 2. The van der Waals surface area contributed by atoms with Crippen LogP contribution in [0.3, 0.4) is 0 Å². The lowest BCUT2D eigenvalue weighted by molar-refractivity contribution is -0.0874. The summed E-state index contributed by atoms with van der Waals surface area (Å²) in [6.45, 7) is 18.1. The van der Waals surface area contributed by atoms with Crippen LogP contribution in [-0.2, 0) is 19.3 Å². The number of carbonyl (C=O) groups is 2. The predicted octanol–water partition coefficient (Wildman–Crippen LogP) is 9.68. The molecule has 0 aliphatic carbocycles. The lowest BCUT2D eigenvalue weighted by Gasteiger charge is -2.47. The standard InChI is InChI=1S/C25H30BrFN2O5S.C16H22FNO2.C9H10BrNO2S.2H2O/c1-15(2)33-21-14-25(34-20-7-5-17(27)13-18(20)21)9-11-29(12-10-25)24(30)19-6-8-22(23(26)28-19)35(31,32)16(3)4;1-11(2)19-15-10-16(5-7-18-8-6-16)20-14-4-3-12(17)9-13(14)15;1-5(2)14-7-4-3-6(9(12)13)11-8(7)10;;/h5-8,13,15-16,21H,9-12,14H2,1-4H3;3-4,9,11,15,18H,5-8,10H2,1-2H3;3-5H,1-2H3,(H,12,13);2*1H2/t21-;15-;;;/m11.../s1. The molecule has 2 saturated heterocycles. The number of aromatic nitrogens is 2. The van der Waals surface area contributed by atoms with E-state index in [0.29, 0.717) is 53.5 Å². The number of benzene rings is 2. The summed E-state index contributed by atoms with van der Waals surface area (Å²) >= 11 is 8.12. The van der Waals surface area contributed by atoms with Gasteiger partial charge in [-0.1, -0.05) is 13.8 Å². The van der Waals surface area contributed by atoms with E-state index in [9.17, 15) is 26.8 Å². The summed E-state index contributed by atoms with van der Waals surface area (Å²) in [4.78, 5) is 34.7. The van der Waals surface area contributed by atoms with Gasteiger partial charge in [0, 0.05) is 60.0 Å². The molecule has 0 saturated carbocycles. The van der Waals surface area contributed by atoms with E-state index in [1.54, 1.807) is 54.8 Å². The monoisotopic (exact) mass is 1160 g/mol. The third-order valence-corrected chi connectivity index (χ3v) is 17.1. The molecule has 4 aliphatic rings. The number of nitrogens with one attached hydrogen (secondary N) is 1. The van der Waals surface area contributed by atoms with Crippen LogP contribution in [0.4, 0.5) is 8.78 Å². The molecule has 4 aliphatic heterocycles. The van der Waals surface area contributed by atoms with Gasteiger partial charge >= 0.3 is 5.97 Å². The number of fused-ring (bicyclic) bond motifs is 2. The van der Waals surface area contributed by atoms with Crippen molar-refractivity contribution in [2.75, 3.05) is 26.2 Å². The molecule has 0 radical (unpaired) electrons. The van der Waals surface area contributed by atoms with E-state index in [0.717, 1.165) is 48.6 Å². The number of halogens is 4. The fourth-order valence-corrected chi connectivity index (χ4v) is 12.2. The highest BCUT2D eigenvalue weighted by atomic mass is 79.9. The van der Waals surface area contributed by atoms with Gasteiger partial charge in [-0.15, -0.1) is 11.8 Å². The first kappa shape index (κ1) is 59.8. The maximum atomic E-state index is 13.9. The fraction of sp³-hybridized carbons (Fsp3) is 0.520. The van der Waals surface area contributed by atoms with E-state index in [4.69, 9.17) is 24.1 Å². The molecule has 21 heteroatoms. The molecule has 15 nitrogen and oxygen atoms in total. The van der Waals surface area contributed by atoms with Crippen LogP contribution in [0.25, 0.3) is 0 Å². The molecule has 392 valence electrons. The zero-order chi connectivity index (χ0) is 50.4. The van der Waals surface area contributed by atoms with Gasteiger partial charge in [-0.05, 0) is 160 Å². The quantitative estimate of drug-likeness (QED) is 0.111. The second-order valence-electron chi connectivity index (χ2n) is 18.8. The van der Waals surface area contributed by atoms with Gasteiger partial charge in [0.1, 0.15) is 54.9 Å². The van der Waals surface area contributed by atoms with Crippen molar-refractivity contribution in [1.82, 2.24) is 20.2 Å². The maximum absolute atomic E-state index is 13.9. The van der Waals surface area contributed by atoms with Crippen molar-refractivity contribution in [3.8, 4) is 11.5 Å². The molecule has 71 heavy (non-hydrogen) atoms.